The highest BCUT2D eigenvalue weighted by Crippen LogP contribution is 2.19. The van der Waals surface area contributed by atoms with E-state index in [1.807, 2.05) is 10.8 Å². The van der Waals surface area contributed by atoms with Crippen LogP contribution in [0.2, 0.25) is 0 Å². The van der Waals surface area contributed by atoms with Crippen LogP contribution < -0.4 is 5.32 Å². The minimum absolute atomic E-state index is 0.0510. The number of nitrogens with one attached hydrogen (secondary N) is 1. The zero-order valence-electron chi connectivity index (χ0n) is 9.07. The average Bonchev–Trinajstić information content (AvgIpc) is 2.61. The van der Waals surface area contributed by atoms with Crippen molar-refractivity contribution in [1.29, 1.82) is 0 Å². The number of carbonyl (C=O) groups is 1. The van der Waals surface area contributed by atoms with Crippen molar-refractivity contribution in [1.82, 2.24) is 14.9 Å². The van der Waals surface area contributed by atoms with Gasteiger partial charge in [0.15, 0.2) is 0 Å². The molecule has 0 radical (unpaired) electrons. The molecule has 0 bridgehead atoms. The second-order valence-electron chi connectivity index (χ2n) is 3.91. The van der Waals surface area contributed by atoms with Gasteiger partial charge < -0.3 is 9.88 Å². The van der Waals surface area contributed by atoms with Gasteiger partial charge in [-0.25, -0.2) is 4.98 Å². The van der Waals surface area contributed by atoms with Gasteiger partial charge in [0.25, 0.3) is 0 Å². The number of carbonyl (C=O) groups excluding carboxylic acids is 1. The Balaban J connectivity index is 2.23. The molecule has 0 saturated carbocycles. The second kappa shape index (κ2) is 4.47. The van der Waals surface area contributed by atoms with Gasteiger partial charge in [-0.05, 0) is 19.3 Å². The lowest BCUT2D eigenvalue weighted by Crippen LogP contribution is -2.31. The van der Waals surface area contributed by atoms with Crippen molar-refractivity contribution in [3.8, 4) is 0 Å². The molecule has 0 aliphatic carbocycles. The van der Waals surface area contributed by atoms with Gasteiger partial charge >= 0.3 is 0 Å². The van der Waals surface area contributed by atoms with Crippen molar-refractivity contribution >= 4 is 5.91 Å². The first-order valence-corrected chi connectivity index (χ1v) is 5.62. The lowest BCUT2D eigenvalue weighted by atomic mass is 10.1. The molecule has 1 aliphatic heterocycles. The third-order valence-electron chi connectivity index (χ3n) is 2.91. The van der Waals surface area contributed by atoms with Crippen LogP contribution in [0.1, 0.15) is 38.1 Å². The number of aromatic nitrogens is 2. The highest BCUT2D eigenvalue weighted by molar-refractivity contribution is 5.80. The molecular formula is C11H17N3O. The van der Waals surface area contributed by atoms with Crippen LogP contribution in [0, 0.1) is 0 Å². The molecule has 1 atom stereocenters. The lowest BCUT2D eigenvalue weighted by Gasteiger charge is -2.16. The summed E-state index contributed by atoms with van der Waals surface area (Å²) in [4.78, 5) is 16.1. The summed E-state index contributed by atoms with van der Waals surface area (Å²) < 4.78 is 2.01. The van der Waals surface area contributed by atoms with E-state index < -0.39 is 0 Å². The molecule has 2 heterocycles. The van der Waals surface area contributed by atoms with Gasteiger partial charge in [-0.2, -0.15) is 0 Å². The van der Waals surface area contributed by atoms with Crippen molar-refractivity contribution in [2.45, 2.75) is 38.6 Å². The van der Waals surface area contributed by atoms with Crippen molar-refractivity contribution in [2.75, 3.05) is 6.54 Å². The number of hydrogen-bond donors (Lipinski definition) is 1. The fourth-order valence-corrected chi connectivity index (χ4v) is 2.09. The molecule has 1 aromatic heterocycles. The summed E-state index contributed by atoms with van der Waals surface area (Å²) in [5.74, 6) is 1.14. The van der Waals surface area contributed by atoms with Gasteiger partial charge in [-0.3, -0.25) is 4.79 Å². The molecular weight excluding hydrogens is 190 g/mol. The minimum Gasteiger partial charge on any atom is -0.354 e. The van der Waals surface area contributed by atoms with E-state index in [0.717, 1.165) is 38.1 Å². The normalized spacial score (nSPS) is 22.2. The van der Waals surface area contributed by atoms with Gasteiger partial charge in [0.1, 0.15) is 11.9 Å². The summed E-state index contributed by atoms with van der Waals surface area (Å²) in [5.41, 5.74) is 0. The van der Waals surface area contributed by atoms with E-state index in [0.29, 0.717) is 0 Å². The first-order chi connectivity index (χ1) is 7.33. The van der Waals surface area contributed by atoms with E-state index in [4.69, 9.17) is 0 Å². The van der Waals surface area contributed by atoms with E-state index in [2.05, 4.69) is 17.2 Å². The van der Waals surface area contributed by atoms with Crippen molar-refractivity contribution in [3.05, 3.63) is 18.2 Å². The van der Waals surface area contributed by atoms with Crippen LogP contribution in [0.3, 0.4) is 0 Å². The molecule has 1 unspecified atom stereocenters. The summed E-state index contributed by atoms with van der Waals surface area (Å²) in [5, 5.41) is 2.95. The first-order valence-electron chi connectivity index (χ1n) is 5.62. The highest BCUT2D eigenvalue weighted by atomic mass is 16.2. The average molecular weight is 207 g/mol. The Bertz CT molecular complexity index is 345. The van der Waals surface area contributed by atoms with Crippen LogP contribution in [0.15, 0.2) is 12.4 Å². The molecule has 0 spiro atoms. The standard InChI is InChI=1S/C11H17N3O/c1-2-10-12-7-8-14(10)9-5-3-4-6-13-11(9)15/h7-9H,2-6H2,1H3,(H,13,15). The van der Waals surface area contributed by atoms with Crippen LogP contribution in [0.5, 0.6) is 0 Å². The molecule has 1 aliphatic rings. The third-order valence-corrected chi connectivity index (χ3v) is 2.91. The zero-order valence-corrected chi connectivity index (χ0v) is 9.07. The van der Waals surface area contributed by atoms with Gasteiger partial charge in [-0.15, -0.1) is 0 Å². The van der Waals surface area contributed by atoms with E-state index in [1.165, 1.54) is 0 Å². The molecule has 4 nitrogen and oxygen atoms in total. The van der Waals surface area contributed by atoms with E-state index in [1.54, 1.807) is 6.20 Å². The Kier molecular flexibility index (Phi) is 3.04. The molecule has 0 aromatic carbocycles. The topological polar surface area (TPSA) is 46.9 Å². The predicted molar refractivity (Wildman–Crippen MR) is 57.5 cm³/mol. The SMILES string of the molecule is CCc1nccn1C1CCCCNC1=O. The molecule has 82 valence electrons. The summed E-state index contributed by atoms with van der Waals surface area (Å²) in [6.07, 6.45) is 7.67. The molecule has 1 N–H and O–H groups in total. The Morgan fingerprint density at radius 1 is 1.60 bits per heavy atom. The number of amides is 1. The first kappa shape index (κ1) is 10.2. The highest BCUT2D eigenvalue weighted by Gasteiger charge is 2.23. The van der Waals surface area contributed by atoms with Gasteiger partial charge in [0.2, 0.25) is 5.91 Å². The smallest absolute Gasteiger partial charge is 0.243 e. The Hall–Kier alpha value is -1.32. The van der Waals surface area contributed by atoms with Crippen LogP contribution in [-0.2, 0) is 11.2 Å². The molecule has 1 amide bonds. The number of aryl methyl sites for hydroxylation is 1. The van der Waals surface area contributed by atoms with Crippen LogP contribution in [0.4, 0.5) is 0 Å². The number of hydrogen-bond acceptors (Lipinski definition) is 2. The summed E-state index contributed by atoms with van der Waals surface area (Å²) in [6.45, 7) is 2.87. The Morgan fingerprint density at radius 2 is 2.47 bits per heavy atom. The maximum atomic E-state index is 11.8. The van der Waals surface area contributed by atoms with E-state index >= 15 is 0 Å². The zero-order chi connectivity index (χ0) is 10.7. The summed E-state index contributed by atoms with van der Waals surface area (Å²) in [6, 6.07) is -0.0510. The van der Waals surface area contributed by atoms with Crippen LogP contribution in [-0.4, -0.2) is 22.0 Å². The maximum absolute atomic E-state index is 11.8. The Morgan fingerprint density at radius 3 is 3.27 bits per heavy atom. The molecule has 1 aromatic rings. The molecule has 15 heavy (non-hydrogen) atoms. The van der Waals surface area contributed by atoms with E-state index in [9.17, 15) is 4.79 Å². The van der Waals surface area contributed by atoms with E-state index in [-0.39, 0.29) is 11.9 Å². The molecule has 1 saturated heterocycles. The number of imidazole rings is 1. The van der Waals surface area contributed by atoms with Gasteiger partial charge in [-0.1, -0.05) is 6.92 Å². The molecule has 2 rings (SSSR count). The fourth-order valence-electron chi connectivity index (χ4n) is 2.09. The lowest BCUT2D eigenvalue weighted by molar-refractivity contribution is -0.124. The summed E-state index contributed by atoms with van der Waals surface area (Å²) in [7, 11) is 0. The van der Waals surface area contributed by atoms with Gasteiger partial charge in [0.05, 0.1) is 0 Å². The number of nitrogens with zero attached hydrogens (tertiary/aromatic N) is 2. The predicted octanol–water partition coefficient (Wildman–Crippen LogP) is 1.29. The fraction of sp³-hybridized carbons (Fsp3) is 0.636. The number of rotatable bonds is 2. The van der Waals surface area contributed by atoms with Crippen molar-refractivity contribution in [3.63, 3.8) is 0 Å². The van der Waals surface area contributed by atoms with Crippen molar-refractivity contribution < 1.29 is 4.79 Å². The van der Waals surface area contributed by atoms with Crippen LogP contribution in [0.25, 0.3) is 0 Å². The second-order valence-corrected chi connectivity index (χ2v) is 3.91. The van der Waals surface area contributed by atoms with Gasteiger partial charge in [0, 0.05) is 25.4 Å². The van der Waals surface area contributed by atoms with Crippen LogP contribution >= 0.6 is 0 Å². The third kappa shape index (κ3) is 2.03. The molecule has 1 fully saturated rings. The largest absolute Gasteiger partial charge is 0.354 e. The monoisotopic (exact) mass is 207 g/mol. The minimum atomic E-state index is -0.0510. The maximum Gasteiger partial charge on any atom is 0.243 e. The van der Waals surface area contributed by atoms with Crippen molar-refractivity contribution in [2.24, 2.45) is 0 Å². The summed E-state index contributed by atoms with van der Waals surface area (Å²) >= 11 is 0. The Labute approximate surface area is 89.7 Å². The quantitative estimate of drug-likeness (QED) is 0.794. The molecule has 4 heteroatoms.